The van der Waals surface area contributed by atoms with Gasteiger partial charge in [-0.1, -0.05) is 30.3 Å². The van der Waals surface area contributed by atoms with Crippen molar-refractivity contribution in [2.45, 2.75) is 25.4 Å². The molecule has 1 amide bonds. The minimum absolute atomic E-state index is 0.0603. The Hall–Kier alpha value is -2.31. The standard InChI is InChI=1S/C19H23N3O3/c23-19(14-24-13-16-7-4-12-25-16)21-11-9-18-20-10-8-17(22-18)15-5-2-1-3-6-15/h1-3,5-6,8,10,16H,4,7,9,11-14H2,(H,21,23). The second-order valence-electron chi connectivity index (χ2n) is 5.97. The third-order valence-corrected chi connectivity index (χ3v) is 4.01. The first kappa shape index (κ1) is 17.5. The summed E-state index contributed by atoms with van der Waals surface area (Å²) >= 11 is 0. The molecule has 1 aromatic heterocycles. The predicted molar refractivity (Wildman–Crippen MR) is 94.0 cm³/mol. The zero-order valence-corrected chi connectivity index (χ0v) is 14.2. The molecule has 3 rings (SSSR count). The molecule has 0 radical (unpaired) electrons. The summed E-state index contributed by atoms with van der Waals surface area (Å²) in [6.45, 7) is 1.82. The van der Waals surface area contributed by atoms with Gasteiger partial charge in [0, 0.05) is 31.3 Å². The van der Waals surface area contributed by atoms with Gasteiger partial charge in [-0.25, -0.2) is 9.97 Å². The summed E-state index contributed by atoms with van der Waals surface area (Å²) in [5.41, 5.74) is 1.94. The van der Waals surface area contributed by atoms with Crippen LogP contribution in [-0.4, -0.2) is 48.3 Å². The van der Waals surface area contributed by atoms with E-state index in [4.69, 9.17) is 9.47 Å². The monoisotopic (exact) mass is 341 g/mol. The van der Waals surface area contributed by atoms with E-state index in [0.717, 1.165) is 30.7 Å². The molecular formula is C19H23N3O3. The van der Waals surface area contributed by atoms with Crippen LogP contribution in [0.5, 0.6) is 0 Å². The van der Waals surface area contributed by atoms with Crippen LogP contribution in [-0.2, 0) is 20.7 Å². The van der Waals surface area contributed by atoms with Crippen molar-refractivity contribution in [1.82, 2.24) is 15.3 Å². The normalized spacial score (nSPS) is 16.7. The average Bonchev–Trinajstić information content (AvgIpc) is 3.16. The number of benzene rings is 1. The Morgan fingerprint density at radius 3 is 2.96 bits per heavy atom. The highest BCUT2D eigenvalue weighted by Gasteiger charge is 2.15. The molecule has 25 heavy (non-hydrogen) atoms. The number of rotatable bonds is 8. The summed E-state index contributed by atoms with van der Waals surface area (Å²) in [6.07, 6.45) is 4.55. The van der Waals surface area contributed by atoms with E-state index in [1.165, 1.54) is 0 Å². The Kier molecular flexibility index (Phi) is 6.48. The lowest BCUT2D eigenvalue weighted by molar-refractivity contribution is -0.126. The van der Waals surface area contributed by atoms with Gasteiger partial charge in [-0.2, -0.15) is 0 Å². The van der Waals surface area contributed by atoms with Crippen LogP contribution in [0.2, 0.25) is 0 Å². The number of carbonyl (C=O) groups is 1. The molecule has 132 valence electrons. The number of hydrogen-bond acceptors (Lipinski definition) is 5. The molecule has 0 aliphatic carbocycles. The van der Waals surface area contributed by atoms with Gasteiger partial charge in [-0.05, 0) is 18.9 Å². The maximum absolute atomic E-state index is 11.8. The molecule has 6 heteroatoms. The first-order valence-corrected chi connectivity index (χ1v) is 8.64. The van der Waals surface area contributed by atoms with Crippen molar-refractivity contribution in [2.75, 3.05) is 26.4 Å². The lowest BCUT2D eigenvalue weighted by Crippen LogP contribution is -2.31. The predicted octanol–water partition coefficient (Wildman–Crippen LogP) is 2.00. The van der Waals surface area contributed by atoms with Crippen LogP contribution in [0.3, 0.4) is 0 Å². The van der Waals surface area contributed by atoms with Crippen molar-refractivity contribution in [3.05, 3.63) is 48.4 Å². The molecule has 1 aliphatic heterocycles. The fourth-order valence-corrected chi connectivity index (χ4v) is 2.71. The van der Waals surface area contributed by atoms with Crippen LogP contribution >= 0.6 is 0 Å². The van der Waals surface area contributed by atoms with Crippen molar-refractivity contribution in [1.29, 1.82) is 0 Å². The summed E-state index contributed by atoms with van der Waals surface area (Å²) in [7, 11) is 0. The number of nitrogens with zero attached hydrogens (tertiary/aromatic N) is 2. The number of hydrogen-bond donors (Lipinski definition) is 1. The lowest BCUT2D eigenvalue weighted by Gasteiger charge is -2.10. The van der Waals surface area contributed by atoms with Gasteiger partial charge in [-0.3, -0.25) is 4.79 Å². The molecule has 1 unspecified atom stereocenters. The van der Waals surface area contributed by atoms with Gasteiger partial charge in [0.2, 0.25) is 5.91 Å². The topological polar surface area (TPSA) is 73.3 Å². The van der Waals surface area contributed by atoms with Crippen LogP contribution in [0.15, 0.2) is 42.6 Å². The minimum Gasteiger partial charge on any atom is -0.376 e. The maximum atomic E-state index is 11.8. The zero-order valence-electron chi connectivity index (χ0n) is 14.2. The molecule has 2 heterocycles. The van der Waals surface area contributed by atoms with Gasteiger partial charge >= 0.3 is 0 Å². The van der Waals surface area contributed by atoms with E-state index in [9.17, 15) is 4.79 Å². The van der Waals surface area contributed by atoms with Gasteiger partial charge in [-0.15, -0.1) is 0 Å². The van der Waals surface area contributed by atoms with Gasteiger partial charge in [0.1, 0.15) is 12.4 Å². The molecule has 2 aromatic rings. The molecule has 1 aromatic carbocycles. The van der Waals surface area contributed by atoms with Crippen LogP contribution in [0.1, 0.15) is 18.7 Å². The Morgan fingerprint density at radius 2 is 2.16 bits per heavy atom. The fraction of sp³-hybridized carbons (Fsp3) is 0.421. The molecule has 1 fully saturated rings. The van der Waals surface area contributed by atoms with Crippen LogP contribution < -0.4 is 5.32 Å². The quantitative estimate of drug-likeness (QED) is 0.795. The Balaban J connectivity index is 1.39. The first-order valence-electron chi connectivity index (χ1n) is 8.64. The minimum atomic E-state index is -0.128. The SMILES string of the molecule is O=C(COCC1CCCO1)NCCc1nccc(-c2ccccc2)n1. The molecule has 0 bridgehead atoms. The van der Waals surface area contributed by atoms with E-state index in [2.05, 4.69) is 15.3 Å². The van der Waals surface area contributed by atoms with Gasteiger partial charge in [0.15, 0.2) is 0 Å². The van der Waals surface area contributed by atoms with Gasteiger partial charge in [0.05, 0.1) is 18.4 Å². The number of nitrogens with one attached hydrogen (secondary N) is 1. The second kappa shape index (κ2) is 9.25. The number of amides is 1. The van der Waals surface area contributed by atoms with Crippen molar-refractivity contribution < 1.29 is 14.3 Å². The highest BCUT2D eigenvalue weighted by atomic mass is 16.5. The number of carbonyl (C=O) groups excluding carboxylic acids is 1. The summed E-state index contributed by atoms with van der Waals surface area (Å²) in [4.78, 5) is 20.6. The first-order chi connectivity index (χ1) is 12.3. The Labute approximate surface area is 147 Å². The largest absolute Gasteiger partial charge is 0.376 e. The van der Waals surface area contributed by atoms with E-state index < -0.39 is 0 Å². The van der Waals surface area contributed by atoms with E-state index in [1.54, 1.807) is 6.20 Å². The van der Waals surface area contributed by atoms with E-state index in [1.807, 2.05) is 36.4 Å². The molecule has 0 saturated carbocycles. The van der Waals surface area contributed by atoms with Gasteiger partial charge in [0.25, 0.3) is 0 Å². The van der Waals surface area contributed by atoms with Crippen molar-refractivity contribution in [2.24, 2.45) is 0 Å². The van der Waals surface area contributed by atoms with Gasteiger partial charge < -0.3 is 14.8 Å². The number of aromatic nitrogens is 2. The summed E-state index contributed by atoms with van der Waals surface area (Å²) in [5, 5.41) is 2.83. The average molecular weight is 341 g/mol. The molecule has 0 spiro atoms. The molecular weight excluding hydrogens is 318 g/mol. The molecule has 6 nitrogen and oxygen atoms in total. The van der Waals surface area contributed by atoms with Crippen molar-refractivity contribution in [3.8, 4) is 11.3 Å². The van der Waals surface area contributed by atoms with Crippen molar-refractivity contribution in [3.63, 3.8) is 0 Å². The van der Waals surface area contributed by atoms with Crippen molar-refractivity contribution >= 4 is 5.91 Å². The maximum Gasteiger partial charge on any atom is 0.246 e. The summed E-state index contributed by atoms with van der Waals surface area (Å²) in [6, 6.07) is 11.8. The third kappa shape index (κ3) is 5.62. The zero-order chi connectivity index (χ0) is 17.3. The molecule has 1 saturated heterocycles. The summed E-state index contributed by atoms with van der Waals surface area (Å²) in [5.74, 6) is 0.583. The molecule has 1 N–H and O–H groups in total. The highest BCUT2D eigenvalue weighted by molar-refractivity contribution is 5.77. The van der Waals surface area contributed by atoms with E-state index >= 15 is 0 Å². The third-order valence-electron chi connectivity index (χ3n) is 4.01. The Bertz CT molecular complexity index is 673. The lowest BCUT2D eigenvalue weighted by atomic mass is 10.1. The van der Waals surface area contributed by atoms with Crippen LogP contribution in [0, 0.1) is 0 Å². The highest BCUT2D eigenvalue weighted by Crippen LogP contribution is 2.15. The second-order valence-corrected chi connectivity index (χ2v) is 5.97. The van der Waals surface area contributed by atoms with Crippen LogP contribution in [0.4, 0.5) is 0 Å². The molecule has 1 atom stereocenters. The van der Waals surface area contributed by atoms with Crippen LogP contribution in [0.25, 0.3) is 11.3 Å². The van der Waals surface area contributed by atoms with E-state index in [-0.39, 0.29) is 18.6 Å². The van der Waals surface area contributed by atoms with E-state index in [0.29, 0.717) is 25.4 Å². The fourth-order valence-electron chi connectivity index (χ4n) is 2.71. The number of ether oxygens (including phenoxy) is 2. The Morgan fingerprint density at radius 1 is 1.28 bits per heavy atom. The smallest absolute Gasteiger partial charge is 0.246 e. The molecule has 1 aliphatic rings. The summed E-state index contributed by atoms with van der Waals surface area (Å²) < 4.78 is 10.8.